The van der Waals surface area contributed by atoms with Crippen LogP contribution in [0.4, 0.5) is 0 Å². The van der Waals surface area contributed by atoms with Crippen molar-refractivity contribution in [2.75, 3.05) is 13.2 Å². The van der Waals surface area contributed by atoms with Crippen LogP contribution < -0.4 is 9.47 Å². The fraction of sp³-hybridized carbons (Fsp3) is 0.263. The molecule has 0 aromatic heterocycles. The Kier molecular flexibility index (Phi) is 6.29. The van der Waals surface area contributed by atoms with Gasteiger partial charge in [0.25, 0.3) is 0 Å². The molecule has 23 heavy (non-hydrogen) atoms. The maximum absolute atomic E-state index is 12.2. The minimum atomic E-state index is -0.254. The summed E-state index contributed by atoms with van der Waals surface area (Å²) in [6.45, 7) is 5.01. The van der Waals surface area contributed by atoms with Crippen LogP contribution in [-0.4, -0.2) is 23.9 Å². The molecule has 0 amide bonds. The van der Waals surface area contributed by atoms with Crippen LogP contribution in [0.15, 0.2) is 48.6 Å². The third-order valence-electron chi connectivity index (χ3n) is 3.29. The van der Waals surface area contributed by atoms with Crippen LogP contribution in [0.5, 0.6) is 11.5 Å². The molecule has 0 aliphatic heterocycles. The minimum Gasteiger partial charge on any atom is -0.494 e. The number of ketones is 1. The third kappa shape index (κ3) is 4.89. The van der Waals surface area contributed by atoms with E-state index in [-0.39, 0.29) is 11.7 Å². The number of carbonyl (C=O) groups is 1. The molecule has 0 heterocycles. The summed E-state index contributed by atoms with van der Waals surface area (Å²) in [5, 5.41) is 0. The first-order valence-corrected chi connectivity index (χ1v) is 8.06. The first-order chi connectivity index (χ1) is 11.1. The molecule has 2 rings (SSSR count). The van der Waals surface area contributed by atoms with Crippen molar-refractivity contribution in [3.8, 4) is 11.5 Å². The summed E-state index contributed by atoms with van der Waals surface area (Å²) < 4.78 is 11.1. The molecule has 1 aliphatic carbocycles. The van der Waals surface area contributed by atoms with Crippen molar-refractivity contribution in [1.82, 2.24) is 0 Å². The van der Waals surface area contributed by atoms with Gasteiger partial charge in [0.05, 0.1) is 19.1 Å². The van der Waals surface area contributed by atoms with Crippen molar-refractivity contribution in [3.05, 3.63) is 54.1 Å². The highest BCUT2D eigenvalue weighted by molar-refractivity contribution is 7.81. The van der Waals surface area contributed by atoms with E-state index in [0.29, 0.717) is 19.0 Å². The molecular formula is C19H20O3S. The normalized spacial score (nSPS) is 14.4. The van der Waals surface area contributed by atoms with Gasteiger partial charge in [0.2, 0.25) is 0 Å². The molecule has 0 fully saturated rings. The Morgan fingerprint density at radius 2 is 1.87 bits per heavy atom. The lowest BCUT2D eigenvalue weighted by Gasteiger charge is -2.11. The highest BCUT2D eigenvalue weighted by Crippen LogP contribution is 2.26. The van der Waals surface area contributed by atoms with Crippen LogP contribution in [0.25, 0.3) is 6.08 Å². The van der Waals surface area contributed by atoms with Crippen molar-refractivity contribution in [1.29, 1.82) is 0 Å². The summed E-state index contributed by atoms with van der Waals surface area (Å²) in [7, 11) is 0. The topological polar surface area (TPSA) is 35.5 Å². The second-order valence-corrected chi connectivity index (χ2v) is 5.42. The number of ether oxygens (including phenoxy) is 2. The summed E-state index contributed by atoms with van der Waals surface area (Å²) in [6.07, 6.45) is 10.6. The van der Waals surface area contributed by atoms with E-state index in [4.69, 9.17) is 21.7 Å². The lowest BCUT2D eigenvalue weighted by molar-refractivity contribution is -0.115. The summed E-state index contributed by atoms with van der Waals surface area (Å²) in [5.41, 5.74) is 0.850. The zero-order chi connectivity index (χ0) is 16.7. The van der Waals surface area contributed by atoms with Gasteiger partial charge in [-0.25, -0.2) is 0 Å². The molecule has 120 valence electrons. The van der Waals surface area contributed by atoms with E-state index in [1.54, 1.807) is 24.3 Å². The Balaban J connectivity index is 2.14. The predicted octanol–water partition coefficient (Wildman–Crippen LogP) is 4.18. The Morgan fingerprint density at radius 1 is 1.17 bits per heavy atom. The Bertz CT molecular complexity index is 655. The van der Waals surface area contributed by atoms with Crippen LogP contribution in [0.3, 0.4) is 0 Å². The van der Waals surface area contributed by atoms with E-state index < -0.39 is 0 Å². The molecule has 0 spiro atoms. The Morgan fingerprint density at radius 3 is 2.52 bits per heavy atom. The number of benzene rings is 1. The van der Waals surface area contributed by atoms with Gasteiger partial charge in [0.15, 0.2) is 5.78 Å². The van der Waals surface area contributed by atoms with Crippen LogP contribution >= 0.6 is 12.2 Å². The number of hydrogen-bond donors (Lipinski definition) is 0. The van der Waals surface area contributed by atoms with Gasteiger partial charge in [-0.15, -0.1) is 0 Å². The molecule has 0 unspecified atom stereocenters. The maximum Gasteiger partial charge on any atom is 0.166 e. The quantitative estimate of drug-likeness (QED) is 0.556. The monoisotopic (exact) mass is 328 g/mol. The number of thiocarbonyl (C=S) groups is 1. The fourth-order valence-corrected chi connectivity index (χ4v) is 2.34. The molecule has 0 bridgehead atoms. The Hall–Kier alpha value is -2.20. The van der Waals surface area contributed by atoms with Crippen molar-refractivity contribution < 1.29 is 14.3 Å². The highest BCUT2D eigenvalue weighted by atomic mass is 32.1. The van der Waals surface area contributed by atoms with Crippen molar-refractivity contribution in [2.24, 2.45) is 5.92 Å². The minimum absolute atomic E-state index is 0.0105. The zero-order valence-electron chi connectivity index (χ0n) is 13.3. The van der Waals surface area contributed by atoms with E-state index in [9.17, 15) is 4.79 Å². The van der Waals surface area contributed by atoms with Crippen molar-refractivity contribution in [3.63, 3.8) is 0 Å². The van der Waals surface area contributed by atoms with Gasteiger partial charge in [-0.3, -0.25) is 4.79 Å². The van der Waals surface area contributed by atoms with Gasteiger partial charge < -0.3 is 9.47 Å². The Labute approximate surface area is 142 Å². The molecule has 1 aromatic carbocycles. The summed E-state index contributed by atoms with van der Waals surface area (Å²) >= 11 is 5.03. The van der Waals surface area contributed by atoms with E-state index in [2.05, 4.69) is 0 Å². The van der Waals surface area contributed by atoms with E-state index in [1.807, 2.05) is 44.2 Å². The smallest absolute Gasteiger partial charge is 0.166 e. The SMILES string of the molecule is CCOc1ccc(/C=C/C(=O)C2C=CC(=S)C=C2)c(OCC)c1. The molecule has 0 saturated carbocycles. The molecule has 1 aromatic rings. The van der Waals surface area contributed by atoms with E-state index in [0.717, 1.165) is 16.2 Å². The van der Waals surface area contributed by atoms with Gasteiger partial charge in [-0.2, -0.15) is 0 Å². The first-order valence-electron chi connectivity index (χ1n) is 7.66. The molecule has 0 radical (unpaired) electrons. The van der Waals surface area contributed by atoms with Crippen LogP contribution in [-0.2, 0) is 4.79 Å². The molecule has 0 N–H and O–H groups in total. The zero-order valence-corrected chi connectivity index (χ0v) is 14.1. The fourth-order valence-electron chi connectivity index (χ4n) is 2.18. The molecule has 0 saturated heterocycles. The third-order valence-corrected chi connectivity index (χ3v) is 3.56. The molecular weight excluding hydrogens is 308 g/mol. The molecule has 3 nitrogen and oxygen atoms in total. The highest BCUT2D eigenvalue weighted by Gasteiger charge is 2.12. The average Bonchev–Trinajstić information content (AvgIpc) is 2.55. The van der Waals surface area contributed by atoms with Gasteiger partial charge in [-0.05, 0) is 50.3 Å². The lowest BCUT2D eigenvalue weighted by atomic mass is 9.98. The van der Waals surface area contributed by atoms with Crippen molar-refractivity contribution in [2.45, 2.75) is 13.8 Å². The standard InChI is InChI=1S/C19H20O3S/c1-3-21-16-9-5-15(19(13-16)22-4-2)8-12-18(20)14-6-10-17(23)11-7-14/h5-14H,3-4H2,1-2H3/b12-8+. The van der Waals surface area contributed by atoms with Crippen LogP contribution in [0.2, 0.25) is 0 Å². The number of carbonyl (C=O) groups excluding carboxylic acids is 1. The largest absolute Gasteiger partial charge is 0.494 e. The number of allylic oxidation sites excluding steroid dienone is 5. The van der Waals surface area contributed by atoms with E-state index >= 15 is 0 Å². The summed E-state index contributed by atoms with van der Waals surface area (Å²) in [4.78, 5) is 13.0. The predicted molar refractivity (Wildman–Crippen MR) is 97.2 cm³/mol. The van der Waals surface area contributed by atoms with Gasteiger partial charge >= 0.3 is 0 Å². The summed E-state index contributed by atoms with van der Waals surface area (Å²) in [5.74, 6) is 1.22. The van der Waals surface area contributed by atoms with E-state index in [1.165, 1.54) is 0 Å². The second-order valence-electron chi connectivity index (χ2n) is 4.95. The first kappa shape index (κ1) is 17.2. The number of hydrogen-bond acceptors (Lipinski definition) is 4. The van der Waals surface area contributed by atoms with Crippen LogP contribution in [0.1, 0.15) is 19.4 Å². The summed E-state index contributed by atoms with van der Waals surface area (Å²) in [6, 6.07) is 5.60. The van der Waals surface area contributed by atoms with Gasteiger partial charge in [0, 0.05) is 16.5 Å². The van der Waals surface area contributed by atoms with Crippen LogP contribution in [0, 0.1) is 5.92 Å². The molecule has 0 atom stereocenters. The van der Waals surface area contributed by atoms with Gasteiger partial charge in [0.1, 0.15) is 11.5 Å². The average molecular weight is 328 g/mol. The second kappa shape index (κ2) is 8.44. The van der Waals surface area contributed by atoms with Gasteiger partial charge in [-0.1, -0.05) is 24.4 Å². The molecule has 1 aliphatic rings. The number of rotatable bonds is 7. The molecule has 4 heteroatoms. The van der Waals surface area contributed by atoms with Crippen molar-refractivity contribution >= 4 is 28.9 Å². The maximum atomic E-state index is 12.2. The lowest BCUT2D eigenvalue weighted by Crippen LogP contribution is -2.09.